The summed E-state index contributed by atoms with van der Waals surface area (Å²) in [5.74, 6) is 0.340. The first-order valence-electron chi connectivity index (χ1n) is 6.66. The highest BCUT2D eigenvalue weighted by molar-refractivity contribution is 5.75. The van der Waals surface area contributed by atoms with Crippen LogP contribution in [-0.4, -0.2) is 24.3 Å². The molecular formula is C15H22O4. The van der Waals surface area contributed by atoms with Gasteiger partial charge in [-0.05, 0) is 37.1 Å². The predicted octanol–water partition coefficient (Wildman–Crippen LogP) is 2.79. The number of carbonyl (C=O) groups is 1. The quantitative estimate of drug-likeness (QED) is 0.609. The van der Waals surface area contributed by atoms with E-state index in [0.29, 0.717) is 24.3 Å². The summed E-state index contributed by atoms with van der Waals surface area (Å²) in [4.78, 5) is 12.0. The first-order valence-corrected chi connectivity index (χ1v) is 6.66. The van der Waals surface area contributed by atoms with Crippen molar-refractivity contribution in [2.45, 2.75) is 39.2 Å². The van der Waals surface area contributed by atoms with Crippen molar-refractivity contribution >= 4 is 5.97 Å². The molecule has 0 fully saturated rings. The second-order valence-electron chi connectivity index (χ2n) is 4.47. The van der Waals surface area contributed by atoms with Crippen LogP contribution in [-0.2, 0) is 4.79 Å². The van der Waals surface area contributed by atoms with Gasteiger partial charge < -0.3 is 14.6 Å². The van der Waals surface area contributed by atoms with E-state index in [9.17, 15) is 9.90 Å². The standard InChI is InChI=1S/C15H22O4/c1-4-6-13(14(16)5-2)15(17)19-12-9-7-11(18-3)8-10-12/h7-10,13-14,16H,4-6H2,1-3H3. The molecule has 0 saturated heterocycles. The lowest BCUT2D eigenvalue weighted by Crippen LogP contribution is -2.31. The third-order valence-electron chi connectivity index (χ3n) is 3.06. The van der Waals surface area contributed by atoms with Crippen LogP contribution in [0.15, 0.2) is 24.3 Å². The van der Waals surface area contributed by atoms with Crippen molar-refractivity contribution in [1.29, 1.82) is 0 Å². The van der Waals surface area contributed by atoms with Crippen LogP contribution in [0.3, 0.4) is 0 Å². The first-order chi connectivity index (χ1) is 9.12. The molecule has 0 spiro atoms. The molecule has 4 nitrogen and oxygen atoms in total. The van der Waals surface area contributed by atoms with E-state index in [2.05, 4.69) is 0 Å². The fraction of sp³-hybridized carbons (Fsp3) is 0.533. The Bertz CT molecular complexity index is 386. The number of hydrogen-bond donors (Lipinski definition) is 1. The lowest BCUT2D eigenvalue weighted by atomic mass is 9.95. The van der Waals surface area contributed by atoms with Gasteiger partial charge in [0, 0.05) is 0 Å². The number of esters is 1. The van der Waals surface area contributed by atoms with E-state index in [1.165, 1.54) is 0 Å². The molecule has 0 amide bonds. The number of carbonyl (C=O) groups excluding carboxylic acids is 1. The van der Waals surface area contributed by atoms with E-state index in [1.807, 2.05) is 13.8 Å². The number of hydrogen-bond acceptors (Lipinski definition) is 4. The van der Waals surface area contributed by atoms with Crippen molar-refractivity contribution < 1.29 is 19.4 Å². The van der Waals surface area contributed by atoms with E-state index in [4.69, 9.17) is 9.47 Å². The summed E-state index contributed by atoms with van der Waals surface area (Å²) in [5.41, 5.74) is 0. The molecule has 106 valence electrons. The van der Waals surface area contributed by atoms with Gasteiger partial charge in [-0.15, -0.1) is 0 Å². The Morgan fingerprint density at radius 3 is 2.26 bits per heavy atom. The lowest BCUT2D eigenvalue weighted by molar-refractivity contribution is -0.143. The molecule has 0 radical (unpaired) electrons. The average Bonchev–Trinajstić information content (AvgIpc) is 2.44. The Hall–Kier alpha value is -1.55. The van der Waals surface area contributed by atoms with E-state index in [1.54, 1.807) is 31.4 Å². The summed E-state index contributed by atoms with van der Waals surface area (Å²) in [7, 11) is 1.58. The zero-order valence-electron chi connectivity index (χ0n) is 11.8. The monoisotopic (exact) mass is 266 g/mol. The molecule has 2 unspecified atom stereocenters. The van der Waals surface area contributed by atoms with Crippen LogP contribution in [0.5, 0.6) is 11.5 Å². The van der Waals surface area contributed by atoms with Gasteiger partial charge in [0.05, 0.1) is 19.1 Å². The normalized spacial score (nSPS) is 13.7. The van der Waals surface area contributed by atoms with Gasteiger partial charge in [0.25, 0.3) is 0 Å². The third kappa shape index (κ3) is 4.56. The van der Waals surface area contributed by atoms with E-state index in [0.717, 1.165) is 6.42 Å². The molecule has 0 bridgehead atoms. The fourth-order valence-corrected chi connectivity index (χ4v) is 1.90. The summed E-state index contributed by atoms with van der Waals surface area (Å²) >= 11 is 0. The maximum atomic E-state index is 12.0. The molecule has 0 saturated carbocycles. The summed E-state index contributed by atoms with van der Waals surface area (Å²) in [5, 5.41) is 9.86. The fourth-order valence-electron chi connectivity index (χ4n) is 1.90. The molecular weight excluding hydrogens is 244 g/mol. The number of rotatable bonds is 7. The van der Waals surface area contributed by atoms with Crippen LogP contribution in [0.25, 0.3) is 0 Å². The third-order valence-corrected chi connectivity index (χ3v) is 3.06. The smallest absolute Gasteiger partial charge is 0.316 e. The van der Waals surface area contributed by atoms with E-state index in [-0.39, 0.29) is 5.97 Å². The molecule has 4 heteroatoms. The minimum atomic E-state index is -0.648. The van der Waals surface area contributed by atoms with Gasteiger partial charge in [0.1, 0.15) is 11.5 Å². The van der Waals surface area contributed by atoms with Crippen LogP contribution < -0.4 is 9.47 Å². The van der Waals surface area contributed by atoms with Crippen LogP contribution in [0.1, 0.15) is 33.1 Å². The Morgan fingerprint density at radius 2 is 1.79 bits per heavy atom. The summed E-state index contributed by atoms with van der Waals surface area (Å²) in [6, 6.07) is 6.82. The number of aliphatic hydroxyl groups excluding tert-OH is 1. The van der Waals surface area contributed by atoms with Crippen LogP contribution in [0, 0.1) is 5.92 Å². The molecule has 0 aliphatic heterocycles. The first kappa shape index (κ1) is 15.5. The van der Waals surface area contributed by atoms with Gasteiger partial charge in [-0.3, -0.25) is 4.79 Å². The minimum Gasteiger partial charge on any atom is -0.497 e. The molecule has 0 aliphatic carbocycles. The highest BCUT2D eigenvalue weighted by Gasteiger charge is 2.26. The van der Waals surface area contributed by atoms with E-state index >= 15 is 0 Å². The topological polar surface area (TPSA) is 55.8 Å². The van der Waals surface area contributed by atoms with Crippen LogP contribution in [0.4, 0.5) is 0 Å². The number of ether oxygens (including phenoxy) is 2. The zero-order valence-corrected chi connectivity index (χ0v) is 11.8. The maximum Gasteiger partial charge on any atom is 0.316 e. The average molecular weight is 266 g/mol. The minimum absolute atomic E-state index is 0.374. The van der Waals surface area contributed by atoms with Crippen molar-refractivity contribution in [3.8, 4) is 11.5 Å². The highest BCUT2D eigenvalue weighted by Crippen LogP contribution is 2.21. The van der Waals surface area contributed by atoms with Crippen molar-refractivity contribution in [2.75, 3.05) is 7.11 Å². The van der Waals surface area contributed by atoms with Crippen molar-refractivity contribution in [2.24, 2.45) is 5.92 Å². The molecule has 0 aliphatic rings. The highest BCUT2D eigenvalue weighted by atomic mass is 16.5. The van der Waals surface area contributed by atoms with Crippen LogP contribution >= 0.6 is 0 Å². The zero-order chi connectivity index (χ0) is 14.3. The Balaban J connectivity index is 2.69. The summed E-state index contributed by atoms with van der Waals surface area (Å²) < 4.78 is 10.3. The van der Waals surface area contributed by atoms with Gasteiger partial charge in [0.15, 0.2) is 0 Å². The van der Waals surface area contributed by atoms with Gasteiger partial charge >= 0.3 is 5.97 Å². The van der Waals surface area contributed by atoms with E-state index < -0.39 is 12.0 Å². The number of aliphatic hydroxyl groups is 1. The molecule has 0 aromatic heterocycles. The van der Waals surface area contributed by atoms with Gasteiger partial charge in [-0.1, -0.05) is 20.3 Å². The van der Waals surface area contributed by atoms with Crippen molar-refractivity contribution in [1.82, 2.24) is 0 Å². The summed E-state index contributed by atoms with van der Waals surface area (Å²) in [6.07, 6.45) is 1.36. The molecule has 1 rings (SSSR count). The molecule has 2 atom stereocenters. The summed E-state index contributed by atoms with van der Waals surface area (Å²) in [6.45, 7) is 3.84. The van der Waals surface area contributed by atoms with Crippen LogP contribution in [0.2, 0.25) is 0 Å². The molecule has 19 heavy (non-hydrogen) atoms. The lowest BCUT2D eigenvalue weighted by Gasteiger charge is -2.19. The second-order valence-corrected chi connectivity index (χ2v) is 4.47. The Kier molecular flexibility index (Phi) is 6.36. The maximum absolute atomic E-state index is 12.0. The predicted molar refractivity (Wildman–Crippen MR) is 73.3 cm³/mol. The largest absolute Gasteiger partial charge is 0.497 e. The van der Waals surface area contributed by atoms with Gasteiger partial charge in [-0.2, -0.15) is 0 Å². The van der Waals surface area contributed by atoms with Crippen molar-refractivity contribution in [3.63, 3.8) is 0 Å². The number of benzene rings is 1. The molecule has 0 heterocycles. The molecule has 1 aromatic rings. The van der Waals surface area contributed by atoms with Gasteiger partial charge in [0.2, 0.25) is 0 Å². The molecule has 1 aromatic carbocycles. The SMILES string of the molecule is CCCC(C(=O)Oc1ccc(OC)cc1)C(O)CC. The second kappa shape index (κ2) is 7.79. The van der Waals surface area contributed by atoms with Gasteiger partial charge in [-0.25, -0.2) is 0 Å². The molecule has 1 N–H and O–H groups in total. The Labute approximate surface area is 114 Å². The number of methoxy groups -OCH3 is 1. The van der Waals surface area contributed by atoms with Crippen molar-refractivity contribution in [3.05, 3.63) is 24.3 Å². The Morgan fingerprint density at radius 1 is 1.21 bits per heavy atom.